The molecule has 0 bridgehead atoms. The van der Waals surface area contributed by atoms with Gasteiger partial charge < -0.3 is 15.0 Å². The number of ether oxygens (including phenoxy) is 1. The molecule has 1 N–H and O–H groups in total. The zero-order valence-electron chi connectivity index (χ0n) is 17.7. The van der Waals surface area contributed by atoms with Crippen LogP contribution in [0.3, 0.4) is 0 Å². The molecule has 0 spiro atoms. The van der Waals surface area contributed by atoms with Crippen LogP contribution >= 0.6 is 15.9 Å². The van der Waals surface area contributed by atoms with Gasteiger partial charge in [0.05, 0.1) is 0 Å². The van der Waals surface area contributed by atoms with Crippen LogP contribution in [-0.2, 0) is 16.1 Å². The maximum atomic E-state index is 13.9. The number of nitrogens with zero attached hydrogens (tertiary/aromatic N) is 1. The molecule has 166 valence electrons. The van der Waals surface area contributed by atoms with Crippen LogP contribution in [0.4, 0.5) is 4.39 Å². The number of hydrogen-bond donors (Lipinski definition) is 1. The van der Waals surface area contributed by atoms with E-state index in [1.807, 2.05) is 24.3 Å². The molecule has 1 aliphatic carbocycles. The summed E-state index contributed by atoms with van der Waals surface area (Å²) in [5.41, 5.74) is 0.889. The van der Waals surface area contributed by atoms with Crippen molar-refractivity contribution in [1.82, 2.24) is 10.2 Å². The van der Waals surface area contributed by atoms with Crippen LogP contribution in [0, 0.1) is 5.82 Å². The van der Waals surface area contributed by atoms with E-state index in [1.165, 1.54) is 23.5 Å². The number of amides is 2. The third kappa shape index (κ3) is 6.79. The fourth-order valence-corrected chi connectivity index (χ4v) is 3.99. The average Bonchev–Trinajstić information content (AvgIpc) is 2.78. The fraction of sp³-hybridized carbons (Fsp3) is 0.417. The molecule has 1 aliphatic rings. The number of hydrogen-bond acceptors (Lipinski definition) is 3. The number of nitrogens with one attached hydrogen (secondary N) is 1. The van der Waals surface area contributed by atoms with Gasteiger partial charge in [-0.3, -0.25) is 9.59 Å². The van der Waals surface area contributed by atoms with Gasteiger partial charge in [-0.1, -0.05) is 59.5 Å². The van der Waals surface area contributed by atoms with Crippen LogP contribution < -0.4 is 10.1 Å². The Morgan fingerprint density at radius 2 is 1.81 bits per heavy atom. The molecular weight excluding hydrogens is 463 g/mol. The van der Waals surface area contributed by atoms with E-state index < -0.39 is 11.9 Å². The summed E-state index contributed by atoms with van der Waals surface area (Å²) in [5, 5.41) is 3.09. The molecule has 1 saturated carbocycles. The van der Waals surface area contributed by atoms with Crippen molar-refractivity contribution in [2.24, 2.45) is 0 Å². The Kier molecular flexibility index (Phi) is 8.46. The maximum Gasteiger partial charge on any atom is 0.261 e. The first-order valence-corrected chi connectivity index (χ1v) is 11.4. The Morgan fingerprint density at radius 3 is 2.48 bits per heavy atom. The molecule has 31 heavy (non-hydrogen) atoms. The molecule has 0 radical (unpaired) electrons. The quantitative estimate of drug-likeness (QED) is 0.576. The fourth-order valence-electron chi connectivity index (χ4n) is 3.72. The van der Waals surface area contributed by atoms with Crippen LogP contribution in [0.15, 0.2) is 53.0 Å². The van der Waals surface area contributed by atoms with Gasteiger partial charge >= 0.3 is 0 Å². The SMILES string of the molecule is C[C@H](C(=O)NC1CCCCC1)N(Cc1ccc(Br)cc1)C(=O)COc1ccccc1F. The van der Waals surface area contributed by atoms with Crippen molar-refractivity contribution < 1.29 is 18.7 Å². The van der Waals surface area contributed by atoms with Crippen molar-refractivity contribution in [3.05, 3.63) is 64.4 Å². The zero-order valence-corrected chi connectivity index (χ0v) is 19.2. The van der Waals surface area contributed by atoms with Gasteiger partial charge in [0.1, 0.15) is 6.04 Å². The first-order valence-electron chi connectivity index (χ1n) is 10.7. The van der Waals surface area contributed by atoms with Crippen molar-refractivity contribution in [1.29, 1.82) is 0 Å². The van der Waals surface area contributed by atoms with Crippen molar-refractivity contribution in [2.45, 2.75) is 57.7 Å². The summed E-state index contributed by atoms with van der Waals surface area (Å²) in [6.45, 7) is 1.63. The van der Waals surface area contributed by atoms with E-state index in [-0.39, 0.29) is 36.8 Å². The second-order valence-electron chi connectivity index (χ2n) is 7.89. The van der Waals surface area contributed by atoms with Gasteiger partial charge in [-0.2, -0.15) is 0 Å². The Morgan fingerprint density at radius 1 is 1.13 bits per heavy atom. The van der Waals surface area contributed by atoms with Crippen molar-refractivity contribution in [3.63, 3.8) is 0 Å². The summed E-state index contributed by atoms with van der Waals surface area (Å²) < 4.78 is 20.2. The lowest BCUT2D eigenvalue weighted by Gasteiger charge is -2.31. The number of halogens is 2. The first kappa shape index (κ1) is 23.3. The lowest BCUT2D eigenvalue weighted by molar-refractivity contribution is -0.142. The van der Waals surface area contributed by atoms with Gasteiger partial charge in [-0.15, -0.1) is 0 Å². The van der Waals surface area contributed by atoms with Crippen LogP contribution in [0.1, 0.15) is 44.6 Å². The van der Waals surface area contributed by atoms with Crippen molar-refractivity contribution in [2.75, 3.05) is 6.61 Å². The van der Waals surface area contributed by atoms with Crippen molar-refractivity contribution >= 4 is 27.7 Å². The third-order valence-corrected chi connectivity index (χ3v) is 6.10. The molecular formula is C24H28BrFN2O3. The number of carbonyl (C=O) groups excluding carboxylic acids is 2. The van der Waals surface area contributed by atoms with Gasteiger partial charge in [0, 0.05) is 17.1 Å². The predicted molar refractivity (Wildman–Crippen MR) is 121 cm³/mol. The number of para-hydroxylation sites is 1. The van der Waals surface area contributed by atoms with Crippen molar-refractivity contribution in [3.8, 4) is 5.75 Å². The van der Waals surface area contributed by atoms with Gasteiger partial charge in [-0.05, 0) is 49.6 Å². The van der Waals surface area contributed by atoms with Crippen LogP contribution in [0.5, 0.6) is 5.75 Å². The summed E-state index contributed by atoms with van der Waals surface area (Å²) in [7, 11) is 0. The summed E-state index contributed by atoms with van der Waals surface area (Å²) in [6.07, 6.45) is 5.35. The monoisotopic (exact) mass is 490 g/mol. The van der Waals surface area contributed by atoms with Crippen LogP contribution in [0.25, 0.3) is 0 Å². The average molecular weight is 491 g/mol. The standard InChI is InChI=1S/C24H28BrFN2O3/c1-17(24(30)27-20-7-3-2-4-8-20)28(15-18-11-13-19(25)14-12-18)23(29)16-31-22-10-6-5-9-21(22)26/h5-6,9-14,17,20H,2-4,7-8,15-16H2,1H3,(H,27,30)/t17-/m1/s1. The maximum absolute atomic E-state index is 13.9. The number of rotatable bonds is 8. The third-order valence-electron chi connectivity index (χ3n) is 5.57. The summed E-state index contributed by atoms with van der Waals surface area (Å²) >= 11 is 3.41. The van der Waals surface area contributed by atoms with Gasteiger partial charge in [-0.25, -0.2) is 4.39 Å². The Bertz CT molecular complexity index is 885. The summed E-state index contributed by atoms with van der Waals surface area (Å²) in [6, 6.07) is 13.0. The molecule has 0 unspecified atom stereocenters. The number of benzene rings is 2. The van der Waals surface area contributed by atoms with E-state index in [0.29, 0.717) is 0 Å². The highest BCUT2D eigenvalue weighted by Gasteiger charge is 2.28. The smallest absolute Gasteiger partial charge is 0.261 e. The summed E-state index contributed by atoms with van der Waals surface area (Å²) in [4.78, 5) is 27.4. The lowest BCUT2D eigenvalue weighted by Crippen LogP contribution is -2.51. The highest BCUT2D eigenvalue weighted by Crippen LogP contribution is 2.19. The molecule has 0 heterocycles. The molecule has 5 nitrogen and oxygen atoms in total. The van der Waals surface area contributed by atoms with Crippen LogP contribution in [0.2, 0.25) is 0 Å². The minimum atomic E-state index is -0.678. The minimum absolute atomic E-state index is 0.0127. The minimum Gasteiger partial charge on any atom is -0.481 e. The molecule has 0 aliphatic heterocycles. The molecule has 1 atom stereocenters. The highest BCUT2D eigenvalue weighted by atomic mass is 79.9. The van der Waals surface area contributed by atoms with Gasteiger partial charge in [0.2, 0.25) is 5.91 Å². The summed E-state index contributed by atoms with van der Waals surface area (Å²) in [5.74, 6) is -1.07. The Balaban J connectivity index is 1.70. The second-order valence-corrected chi connectivity index (χ2v) is 8.80. The van der Waals surface area contributed by atoms with E-state index in [0.717, 1.165) is 35.7 Å². The Hall–Kier alpha value is -2.41. The van der Waals surface area contributed by atoms with Gasteiger partial charge in [0.15, 0.2) is 18.2 Å². The topological polar surface area (TPSA) is 58.6 Å². The van der Waals surface area contributed by atoms with E-state index in [9.17, 15) is 14.0 Å². The van der Waals surface area contributed by atoms with E-state index in [2.05, 4.69) is 21.2 Å². The highest BCUT2D eigenvalue weighted by molar-refractivity contribution is 9.10. The molecule has 7 heteroatoms. The normalized spacial score (nSPS) is 15.2. The van der Waals surface area contributed by atoms with E-state index in [4.69, 9.17) is 4.74 Å². The molecule has 3 rings (SSSR count). The zero-order chi connectivity index (χ0) is 22.2. The molecule has 2 aromatic rings. The first-order chi connectivity index (χ1) is 14.9. The molecule has 0 saturated heterocycles. The second kappa shape index (κ2) is 11.3. The molecule has 2 amide bonds. The van der Waals surface area contributed by atoms with Gasteiger partial charge in [0.25, 0.3) is 5.91 Å². The molecule has 2 aromatic carbocycles. The largest absolute Gasteiger partial charge is 0.481 e. The van der Waals surface area contributed by atoms with E-state index >= 15 is 0 Å². The number of carbonyl (C=O) groups is 2. The predicted octanol–water partition coefficient (Wildman–Crippen LogP) is 4.83. The van der Waals surface area contributed by atoms with Crippen LogP contribution in [-0.4, -0.2) is 35.4 Å². The molecule has 1 fully saturated rings. The molecule has 0 aromatic heterocycles. The Labute approximate surface area is 191 Å². The lowest BCUT2D eigenvalue weighted by atomic mass is 9.95. The van der Waals surface area contributed by atoms with E-state index in [1.54, 1.807) is 19.1 Å².